The highest BCUT2D eigenvalue weighted by atomic mass is 16.1. The molecule has 13 heavy (non-hydrogen) atoms. The summed E-state index contributed by atoms with van der Waals surface area (Å²) >= 11 is 0. The topological polar surface area (TPSA) is 34.1 Å². The van der Waals surface area contributed by atoms with E-state index in [1.165, 1.54) is 6.92 Å². The summed E-state index contributed by atoms with van der Waals surface area (Å²) in [4.78, 5) is 22.6. The molecule has 1 aliphatic carbocycles. The lowest BCUT2D eigenvalue weighted by atomic mass is 10.1. The Bertz CT molecular complexity index is 427. The smallest absolute Gasteiger partial charge is 0.197 e. The zero-order valence-electron chi connectivity index (χ0n) is 7.20. The largest absolute Gasteiger partial charge is 0.294 e. The molecule has 0 atom stereocenters. The van der Waals surface area contributed by atoms with Crippen molar-refractivity contribution in [2.45, 2.75) is 6.92 Å². The number of carbonyl (C=O) groups is 2. The zero-order valence-corrected chi connectivity index (χ0v) is 7.20. The van der Waals surface area contributed by atoms with Gasteiger partial charge in [0.2, 0.25) is 0 Å². The first-order chi connectivity index (χ1) is 6.20. The van der Waals surface area contributed by atoms with Gasteiger partial charge >= 0.3 is 0 Å². The van der Waals surface area contributed by atoms with Gasteiger partial charge in [-0.05, 0) is 18.6 Å². The van der Waals surface area contributed by atoms with Crippen LogP contribution in [0, 0.1) is 0 Å². The van der Waals surface area contributed by atoms with Crippen molar-refractivity contribution in [3.63, 3.8) is 0 Å². The van der Waals surface area contributed by atoms with Crippen molar-refractivity contribution in [2.24, 2.45) is 0 Å². The molecular formula is C11H8O2. The third-order valence-corrected chi connectivity index (χ3v) is 2.13. The first-order valence-corrected chi connectivity index (χ1v) is 4.06. The van der Waals surface area contributed by atoms with Gasteiger partial charge in [0, 0.05) is 5.56 Å². The fourth-order valence-corrected chi connectivity index (χ4v) is 1.46. The molecule has 0 unspecified atom stereocenters. The van der Waals surface area contributed by atoms with Gasteiger partial charge in [0.25, 0.3) is 0 Å². The third kappa shape index (κ3) is 1.11. The van der Waals surface area contributed by atoms with Crippen molar-refractivity contribution in [3.8, 4) is 0 Å². The van der Waals surface area contributed by atoms with Crippen LogP contribution in [0.4, 0.5) is 0 Å². The predicted molar refractivity (Wildman–Crippen MR) is 49.4 cm³/mol. The zero-order chi connectivity index (χ0) is 9.42. The molecule has 0 spiro atoms. The molecule has 0 bridgehead atoms. The van der Waals surface area contributed by atoms with Crippen LogP contribution in [-0.2, 0) is 4.79 Å². The average Bonchev–Trinajstić information content (AvgIpc) is 2.45. The van der Waals surface area contributed by atoms with Gasteiger partial charge in [-0.3, -0.25) is 9.59 Å². The molecule has 0 radical (unpaired) electrons. The molecule has 1 aromatic carbocycles. The maximum absolute atomic E-state index is 11.5. The molecule has 0 N–H and O–H groups in total. The van der Waals surface area contributed by atoms with E-state index in [0.717, 1.165) is 5.56 Å². The Balaban J connectivity index is 2.57. The fourth-order valence-electron chi connectivity index (χ4n) is 1.46. The highest BCUT2D eigenvalue weighted by Gasteiger charge is 2.24. The van der Waals surface area contributed by atoms with Gasteiger partial charge in [-0.1, -0.05) is 24.3 Å². The number of ketones is 2. The van der Waals surface area contributed by atoms with Gasteiger partial charge in [-0.2, -0.15) is 0 Å². The van der Waals surface area contributed by atoms with Crippen molar-refractivity contribution in [1.82, 2.24) is 0 Å². The highest BCUT2D eigenvalue weighted by Crippen LogP contribution is 2.24. The van der Waals surface area contributed by atoms with Crippen LogP contribution in [0.5, 0.6) is 0 Å². The summed E-state index contributed by atoms with van der Waals surface area (Å²) in [6.45, 7) is 1.41. The summed E-state index contributed by atoms with van der Waals surface area (Å²) in [5, 5.41) is 0. The van der Waals surface area contributed by atoms with Crippen molar-refractivity contribution in [3.05, 3.63) is 41.0 Å². The normalized spacial score (nSPS) is 13.9. The lowest BCUT2D eigenvalue weighted by Gasteiger charge is -1.94. The first kappa shape index (κ1) is 7.92. The first-order valence-electron chi connectivity index (χ1n) is 4.06. The van der Waals surface area contributed by atoms with Crippen LogP contribution in [0.15, 0.2) is 29.8 Å². The van der Waals surface area contributed by atoms with E-state index in [4.69, 9.17) is 0 Å². The maximum atomic E-state index is 11.5. The SMILES string of the molecule is CC(=O)C1=Cc2ccccc2C1=O. The maximum Gasteiger partial charge on any atom is 0.197 e. The highest BCUT2D eigenvalue weighted by molar-refractivity contribution is 6.32. The standard InChI is InChI=1S/C11H8O2/c1-7(12)10-6-8-4-2-3-5-9(8)11(10)13/h2-6H,1H3. The molecule has 2 rings (SSSR count). The molecule has 0 saturated heterocycles. The van der Waals surface area contributed by atoms with Crippen LogP contribution in [0.1, 0.15) is 22.8 Å². The monoisotopic (exact) mass is 172 g/mol. The lowest BCUT2D eigenvalue weighted by Crippen LogP contribution is -2.05. The van der Waals surface area contributed by atoms with E-state index in [1.54, 1.807) is 18.2 Å². The molecule has 0 saturated carbocycles. The summed E-state index contributed by atoms with van der Waals surface area (Å²) in [6, 6.07) is 7.23. The minimum atomic E-state index is -0.166. The Morgan fingerprint density at radius 1 is 1.23 bits per heavy atom. The van der Waals surface area contributed by atoms with Gasteiger partial charge in [0.1, 0.15) is 0 Å². The molecule has 0 fully saturated rings. The molecule has 1 aliphatic rings. The fraction of sp³-hybridized carbons (Fsp3) is 0.0909. The molecule has 64 valence electrons. The summed E-state index contributed by atoms with van der Waals surface area (Å²) < 4.78 is 0. The van der Waals surface area contributed by atoms with Crippen LogP contribution < -0.4 is 0 Å². The lowest BCUT2D eigenvalue weighted by molar-refractivity contribution is -0.113. The van der Waals surface area contributed by atoms with Crippen LogP contribution in [-0.4, -0.2) is 11.6 Å². The number of benzene rings is 1. The Labute approximate surface area is 75.9 Å². The number of hydrogen-bond acceptors (Lipinski definition) is 2. The van der Waals surface area contributed by atoms with Gasteiger partial charge in [0.15, 0.2) is 11.6 Å². The Kier molecular flexibility index (Phi) is 1.62. The molecule has 1 aromatic rings. The van der Waals surface area contributed by atoms with Gasteiger partial charge in [-0.15, -0.1) is 0 Å². The van der Waals surface area contributed by atoms with Gasteiger partial charge < -0.3 is 0 Å². The minimum Gasteiger partial charge on any atom is -0.294 e. The van der Waals surface area contributed by atoms with E-state index in [9.17, 15) is 9.59 Å². The predicted octanol–water partition coefficient (Wildman–Crippen LogP) is 1.86. The van der Waals surface area contributed by atoms with Gasteiger partial charge in [0.05, 0.1) is 5.57 Å². The van der Waals surface area contributed by atoms with Crippen molar-refractivity contribution in [2.75, 3.05) is 0 Å². The molecule has 2 nitrogen and oxygen atoms in total. The van der Waals surface area contributed by atoms with Crippen LogP contribution in [0.2, 0.25) is 0 Å². The summed E-state index contributed by atoms with van der Waals surface area (Å²) in [6.07, 6.45) is 1.65. The minimum absolute atomic E-state index is 0.150. The Morgan fingerprint density at radius 3 is 2.54 bits per heavy atom. The number of rotatable bonds is 1. The number of hydrogen-bond donors (Lipinski definition) is 0. The van der Waals surface area contributed by atoms with E-state index in [1.807, 2.05) is 12.1 Å². The van der Waals surface area contributed by atoms with Gasteiger partial charge in [-0.25, -0.2) is 0 Å². The molecule has 2 heteroatoms. The van der Waals surface area contributed by atoms with E-state index < -0.39 is 0 Å². The molecule has 0 aliphatic heterocycles. The van der Waals surface area contributed by atoms with E-state index in [0.29, 0.717) is 11.1 Å². The quantitative estimate of drug-likeness (QED) is 0.606. The van der Waals surface area contributed by atoms with Crippen LogP contribution in [0.25, 0.3) is 6.08 Å². The average molecular weight is 172 g/mol. The van der Waals surface area contributed by atoms with E-state index in [-0.39, 0.29) is 11.6 Å². The second-order valence-corrected chi connectivity index (χ2v) is 3.03. The molecule has 0 heterocycles. The Morgan fingerprint density at radius 2 is 1.92 bits per heavy atom. The van der Waals surface area contributed by atoms with Crippen molar-refractivity contribution in [1.29, 1.82) is 0 Å². The summed E-state index contributed by atoms with van der Waals surface area (Å²) in [5.41, 5.74) is 1.77. The number of Topliss-reactive ketones (excluding diaryl/α,β-unsaturated/α-hetero) is 2. The third-order valence-electron chi connectivity index (χ3n) is 2.13. The molecular weight excluding hydrogens is 164 g/mol. The van der Waals surface area contributed by atoms with Crippen molar-refractivity contribution >= 4 is 17.6 Å². The van der Waals surface area contributed by atoms with Crippen LogP contribution >= 0.6 is 0 Å². The molecule has 0 aromatic heterocycles. The summed E-state index contributed by atoms with van der Waals surface area (Å²) in [7, 11) is 0. The van der Waals surface area contributed by atoms with E-state index >= 15 is 0 Å². The Hall–Kier alpha value is -1.70. The van der Waals surface area contributed by atoms with E-state index in [2.05, 4.69) is 0 Å². The number of carbonyl (C=O) groups excluding carboxylic acids is 2. The number of fused-ring (bicyclic) bond motifs is 1. The summed E-state index contributed by atoms with van der Waals surface area (Å²) in [5.74, 6) is -0.315. The van der Waals surface area contributed by atoms with Crippen LogP contribution in [0.3, 0.4) is 0 Å². The second-order valence-electron chi connectivity index (χ2n) is 3.03. The molecule has 0 amide bonds. The second kappa shape index (κ2) is 2.66. The number of allylic oxidation sites excluding steroid dienone is 1. The van der Waals surface area contributed by atoms with Crippen molar-refractivity contribution < 1.29 is 9.59 Å².